The van der Waals surface area contributed by atoms with E-state index in [-0.39, 0.29) is 18.6 Å². The van der Waals surface area contributed by atoms with Crippen LogP contribution in [0.5, 0.6) is 0 Å². The first-order valence-corrected chi connectivity index (χ1v) is 5.59. The molecule has 1 rings (SSSR count). The number of hydrogen-bond acceptors (Lipinski definition) is 3. The van der Waals surface area contributed by atoms with Gasteiger partial charge >= 0.3 is 0 Å². The van der Waals surface area contributed by atoms with Gasteiger partial charge in [-0.1, -0.05) is 37.3 Å². The summed E-state index contributed by atoms with van der Waals surface area (Å²) in [6.07, 6.45) is -0.906. The van der Waals surface area contributed by atoms with E-state index < -0.39 is 6.10 Å². The Kier molecular flexibility index (Phi) is 5.46. The third-order valence-corrected chi connectivity index (χ3v) is 2.71. The van der Waals surface area contributed by atoms with Crippen LogP contribution in [0.2, 0.25) is 0 Å². The van der Waals surface area contributed by atoms with Gasteiger partial charge in [-0.15, -0.1) is 0 Å². The van der Waals surface area contributed by atoms with E-state index in [1.165, 1.54) is 0 Å². The Hall–Kier alpha value is -0.900. The van der Waals surface area contributed by atoms with Crippen LogP contribution in [0.3, 0.4) is 0 Å². The van der Waals surface area contributed by atoms with Crippen LogP contribution < -0.4 is 0 Å². The molecule has 0 fully saturated rings. The Morgan fingerprint density at radius 1 is 1.19 bits per heavy atom. The van der Waals surface area contributed by atoms with Crippen LogP contribution in [-0.4, -0.2) is 29.0 Å². The van der Waals surface area contributed by atoms with Crippen molar-refractivity contribution in [3.8, 4) is 0 Å². The molecule has 0 saturated carbocycles. The van der Waals surface area contributed by atoms with Crippen LogP contribution in [0.1, 0.15) is 19.4 Å². The Labute approximate surface area is 96.7 Å². The molecule has 0 radical (unpaired) electrons. The minimum atomic E-state index is -0.631. The van der Waals surface area contributed by atoms with Crippen molar-refractivity contribution in [2.24, 2.45) is 5.92 Å². The average Bonchev–Trinajstić information content (AvgIpc) is 2.35. The minimum Gasteiger partial charge on any atom is -0.396 e. The molecule has 0 unspecified atom stereocenters. The quantitative estimate of drug-likeness (QED) is 0.771. The predicted molar refractivity (Wildman–Crippen MR) is 62.9 cm³/mol. The van der Waals surface area contributed by atoms with E-state index in [4.69, 9.17) is 9.84 Å². The molecule has 90 valence electrons. The highest BCUT2D eigenvalue weighted by molar-refractivity contribution is 5.13. The molecular formula is C13H20O3. The van der Waals surface area contributed by atoms with Gasteiger partial charge in [-0.05, 0) is 12.5 Å². The molecule has 0 heterocycles. The first-order valence-electron chi connectivity index (χ1n) is 5.59. The summed E-state index contributed by atoms with van der Waals surface area (Å²) in [6.45, 7) is 4.07. The van der Waals surface area contributed by atoms with Gasteiger partial charge in [0, 0.05) is 12.5 Å². The highest BCUT2D eigenvalue weighted by Crippen LogP contribution is 2.11. The summed E-state index contributed by atoms with van der Waals surface area (Å²) in [5.74, 6) is -0.161. The van der Waals surface area contributed by atoms with Gasteiger partial charge < -0.3 is 14.9 Å². The van der Waals surface area contributed by atoms with Crippen molar-refractivity contribution in [2.75, 3.05) is 6.61 Å². The van der Waals surface area contributed by atoms with Crippen LogP contribution in [0.25, 0.3) is 0 Å². The summed E-state index contributed by atoms with van der Waals surface area (Å²) < 4.78 is 5.55. The van der Waals surface area contributed by atoms with E-state index in [1.54, 1.807) is 6.92 Å². The van der Waals surface area contributed by atoms with Crippen LogP contribution in [0.4, 0.5) is 0 Å². The Balaban J connectivity index is 2.38. The molecule has 0 aliphatic carbocycles. The van der Waals surface area contributed by atoms with Gasteiger partial charge in [0.2, 0.25) is 0 Å². The zero-order chi connectivity index (χ0) is 12.0. The number of rotatable bonds is 6. The first kappa shape index (κ1) is 13.2. The molecule has 0 aliphatic heterocycles. The van der Waals surface area contributed by atoms with Crippen LogP contribution in [0, 0.1) is 5.92 Å². The minimum absolute atomic E-state index is 0.0276. The number of benzene rings is 1. The van der Waals surface area contributed by atoms with Gasteiger partial charge in [0.05, 0.1) is 18.8 Å². The number of hydrogen-bond donors (Lipinski definition) is 2. The summed E-state index contributed by atoms with van der Waals surface area (Å²) >= 11 is 0. The standard InChI is InChI=1S/C13H20O3/c1-10(8-14)13(15)11(2)16-9-12-6-4-3-5-7-12/h3-7,10-11,13-15H,8-9H2,1-2H3/t10-,11-,13+/m1/s1. The van der Waals surface area contributed by atoms with Crippen molar-refractivity contribution < 1.29 is 14.9 Å². The zero-order valence-corrected chi connectivity index (χ0v) is 9.84. The van der Waals surface area contributed by atoms with Crippen molar-refractivity contribution in [1.29, 1.82) is 0 Å². The molecule has 1 aromatic carbocycles. The molecule has 0 saturated heterocycles. The van der Waals surface area contributed by atoms with Gasteiger partial charge in [0.15, 0.2) is 0 Å². The van der Waals surface area contributed by atoms with E-state index in [0.717, 1.165) is 5.56 Å². The fourth-order valence-corrected chi connectivity index (χ4v) is 1.47. The lowest BCUT2D eigenvalue weighted by molar-refractivity contribution is -0.0648. The maximum atomic E-state index is 9.78. The molecule has 2 N–H and O–H groups in total. The molecule has 3 heteroatoms. The normalized spacial score (nSPS) is 16.8. The zero-order valence-electron chi connectivity index (χ0n) is 9.84. The molecule has 3 atom stereocenters. The van der Waals surface area contributed by atoms with E-state index in [9.17, 15) is 5.11 Å². The van der Waals surface area contributed by atoms with Crippen molar-refractivity contribution in [3.63, 3.8) is 0 Å². The largest absolute Gasteiger partial charge is 0.396 e. The molecule has 0 amide bonds. The molecule has 1 aromatic rings. The highest BCUT2D eigenvalue weighted by Gasteiger charge is 2.20. The summed E-state index contributed by atoms with van der Waals surface area (Å²) in [4.78, 5) is 0. The lowest BCUT2D eigenvalue weighted by atomic mass is 10.0. The van der Waals surface area contributed by atoms with Crippen molar-refractivity contribution in [3.05, 3.63) is 35.9 Å². The Morgan fingerprint density at radius 3 is 2.38 bits per heavy atom. The fraction of sp³-hybridized carbons (Fsp3) is 0.538. The molecule has 0 aliphatic rings. The third-order valence-electron chi connectivity index (χ3n) is 2.71. The van der Waals surface area contributed by atoms with E-state index in [2.05, 4.69) is 0 Å². The second-order valence-electron chi connectivity index (χ2n) is 4.15. The summed E-state index contributed by atoms with van der Waals surface area (Å²) in [5, 5.41) is 18.7. The molecular weight excluding hydrogens is 204 g/mol. The second kappa shape index (κ2) is 6.63. The van der Waals surface area contributed by atoms with Gasteiger partial charge in [-0.2, -0.15) is 0 Å². The molecule has 0 spiro atoms. The first-order chi connectivity index (χ1) is 7.65. The Bertz CT molecular complexity index is 286. The van der Waals surface area contributed by atoms with Crippen LogP contribution in [0.15, 0.2) is 30.3 Å². The van der Waals surface area contributed by atoms with Crippen molar-refractivity contribution in [2.45, 2.75) is 32.7 Å². The molecule has 0 bridgehead atoms. The van der Waals surface area contributed by atoms with E-state index in [1.807, 2.05) is 37.3 Å². The molecule has 3 nitrogen and oxygen atoms in total. The maximum Gasteiger partial charge on any atom is 0.0846 e. The van der Waals surface area contributed by atoms with Crippen molar-refractivity contribution >= 4 is 0 Å². The van der Waals surface area contributed by atoms with Gasteiger partial charge in [0.1, 0.15) is 0 Å². The molecule has 16 heavy (non-hydrogen) atoms. The smallest absolute Gasteiger partial charge is 0.0846 e. The van der Waals surface area contributed by atoms with Crippen molar-refractivity contribution in [1.82, 2.24) is 0 Å². The van der Waals surface area contributed by atoms with Crippen LogP contribution >= 0.6 is 0 Å². The summed E-state index contributed by atoms with van der Waals surface area (Å²) in [6, 6.07) is 9.82. The van der Waals surface area contributed by atoms with Gasteiger partial charge in [0.25, 0.3) is 0 Å². The fourth-order valence-electron chi connectivity index (χ4n) is 1.47. The Morgan fingerprint density at radius 2 is 1.81 bits per heavy atom. The number of ether oxygens (including phenoxy) is 1. The van der Waals surface area contributed by atoms with Gasteiger partial charge in [-0.3, -0.25) is 0 Å². The maximum absolute atomic E-state index is 9.78. The lowest BCUT2D eigenvalue weighted by Gasteiger charge is -2.23. The average molecular weight is 224 g/mol. The summed E-state index contributed by atoms with van der Waals surface area (Å²) in [7, 11) is 0. The SMILES string of the molecule is C[C@H](CO)[C@H](O)[C@@H](C)OCc1ccccc1. The monoisotopic (exact) mass is 224 g/mol. The predicted octanol–water partition coefficient (Wildman–Crippen LogP) is 1.58. The highest BCUT2D eigenvalue weighted by atomic mass is 16.5. The van der Waals surface area contributed by atoms with Gasteiger partial charge in [-0.25, -0.2) is 0 Å². The molecule has 0 aromatic heterocycles. The third kappa shape index (κ3) is 3.93. The number of aliphatic hydroxyl groups excluding tert-OH is 2. The second-order valence-corrected chi connectivity index (χ2v) is 4.15. The topological polar surface area (TPSA) is 49.7 Å². The van der Waals surface area contributed by atoms with E-state index in [0.29, 0.717) is 6.61 Å². The lowest BCUT2D eigenvalue weighted by Crippen LogP contribution is -2.33. The van der Waals surface area contributed by atoms with E-state index >= 15 is 0 Å². The summed E-state index contributed by atoms with van der Waals surface area (Å²) in [5.41, 5.74) is 1.08. The number of aliphatic hydroxyl groups is 2. The van der Waals surface area contributed by atoms with Crippen LogP contribution in [-0.2, 0) is 11.3 Å².